The summed E-state index contributed by atoms with van der Waals surface area (Å²) in [5.41, 5.74) is 0.311. The number of aldehydes is 1. The maximum absolute atomic E-state index is 12.3. The summed E-state index contributed by atoms with van der Waals surface area (Å²) in [6.45, 7) is 7.37. The molecule has 0 heterocycles. The first-order valence-corrected chi connectivity index (χ1v) is 12.2. The lowest BCUT2D eigenvalue weighted by Crippen LogP contribution is -2.36. The van der Waals surface area contributed by atoms with Crippen LogP contribution >= 0.6 is 0 Å². The average molecular weight is 436 g/mol. The minimum atomic E-state index is -0.435. The second-order valence-corrected chi connectivity index (χ2v) is 8.59. The Balaban J connectivity index is 4.06. The molecule has 0 aliphatic heterocycles. The molecule has 0 fully saturated rings. The van der Waals surface area contributed by atoms with Crippen molar-refractivity contribution < 1.29 is 19.5 Å². The Labute approximate surface area is 189 Å². The number of allylic oxidation sites excluding steroid dienone is 2. The SMILES string of the molecule is C=C(C)C(=O)NC(=O)C(CCCO)CCCCCCC(C=O)CCC=CCCCCC. The van der Waals surface area contributed by atoms with Gasteiger partial charge in [-0.1, -0.05) is 64.2 Å². The third kappa shape index (κ3) is 16.6. The van der Waals surface area contributed by atoms with E-state index in [2.05, 4.69) is 31.0 Å². The Morgan fingerprint density at radius 3 is 2.16 bits per heavy atom. The van der Waals surface area contributed by atoms with Crippen molar-refractivity contribution >= 4 is 18.1 Å². The smallest absolute Gasteiger partial charge is 0.252 e. The van der Waals surface area contributed by atoms with Gasteiger partial charge in [-0.3, -0.25) is 14.9 Å². The zero-order valence-corrected chi connectivity index (χ0v) is 19.9. The summed E-state index contributed by atoms with van der Waals surface area (Å²) in [7, 11) is 0. The van der Waals surface area contributed by atoms with Crippen molar-refractivity contribution in [2.24, 2.45) is 11.8 Å². The summed E-state index contributed by atoms with van der Waals surface area (Å²) >= 11 is 0. The summed E-state index contributed by atoms with van der Waals surface area (Å²) < 4.78 is 0. The van der Waals surface area contributed by atoms with Crippen LogP contribution in [0.15, 0.2) is 24.3 Å². The molecule has 2 N–H and O–H groups in total. The van der Waals surface area contributed by atoms with Crippen LogP contribution in [0.5, 0.6) is 0 Å². The fourth-order valence-electron chi connectivity index (χ4n) is 3.55. The summed E-state index contributed by atoms with van der Waals surface area (Å²) in [5.74, 6) is -0.835. The first kappa shape index (κ1) is 29.2. The van der Waals surface area contributed by atoms with E-state index >= 15 is 0 Å². The minimum Gasteiger partial charge on any atom is -0.396 e. The first-order valence-electron chi connectivity index (χ1n) is 12.2. The van der Waals surface area contributed by atoms with E-state index in [1.54, 1.807) is 6.92 Å². The highest BCUT2D eigenvalue weighted by molar-refractivity contribution is 6.04. The number of carbonyl (C=O) groups is 3. The molecule has 0 saturated heterocycles. The number of nitrogens with one attached hydrogen (secondary N) is 1. The molecular weight excluding hydrogens is 390 g/mol. The van der Waals surface area contributed by atoms with Crippen LogP contribution in [-0.4, -0.2) is 29.8 Å². The molecule has 0 bridgehead atoms. The first-order chi connectivity index (χ1) is 15.0. The van der Waals surface area contributed by atoms with Gasteiger partial charge in [-0.05, 0) is 58.3 Å². The number of imide groups is 1. The number of hydrogen-bond acceptors (Lipinski definition) is 4. The van der Waals surface area contributed by atoms with Crippen LogP contribution in [0, 0.1) is 11.8 Å². The number of aliphatic hydroxyl groups excluding tert-OH is 1. The van der Waals surface area contributed by atoms with Crippen molar-refractivity contribution in [3.05, 3.63) is 24.3 Å². The van der Waals surface area contributed by atoms with Crippen molar-refractivity contribution in [2.45, 2.75) is 104 Å². The molecule has 2 amide bonds. The van der Waals surface area contributed by atoms with Gasteiger partial charge in [0.1, 0.15) is 6.29 Å². The molecule has 5 nitrogen and oxygen atoms in total. The number of rotatable bonds is 20. The van der Waals surface area contributed by atoms with Crippen LogP contribution in [0.4, 0.5) is 0 Å². The van der Waals surface area contributed by atoms with Crippen molar-refractivity contribution in [2.75, 3.05) is 6.61 Å². The number of hydrogen-bond donors (Lipinski definition) is 2. The molecule has 0 saturated carbocycles. The van der Waals surface area contributed by atoms with Crippen molar-refractivity contribution in [1.82, 2.24) is 5.32 Å². The van der Waals surface area contributed by atoms with Gasteiger partial charge in [0.05, 0.1) is 0 Å². The predicted octanol–water partition coefficient (Wildman–Crippen LogP) is 5.67. The quantitative estimate of drug-likeness (QED) is 0.112. The Morgan fingerprint density at radius 1 is 0.903 bits per heavy atom. The van der Waals surface area contributed by atoms with Gasteiger partial charge in [-0.2, -0.15) is 0 Å². The highest BCUT2D eigenvalue weighted by atomic mass is 16.3. The van der Waals surface area contributed by atoms with Gasteiger partial charge in [0.2, 0.25) is 5.91 Å². The molecule has 2 unspecified atom stereocenters. The zero-order chi connectivity index (χ0) is 23.3. The van der Waals surface area contributed by atoms with E-state index in [4.69, 9.17) is 5.11 Å². The summed E-state index contributed by atoms with van der Waals surface area (Å²) in [4.78, 5) is 35.3. The normalized spacial score (nSPS) is 13.1. The molecule has 0 aromatic carbocycles. The van der Waals surface area contributed by atoms with E-state index in [0.717, 1.165) is 57.7 Å². The summed E-state index contributed by atoms with van der Waals surface area (Å²) in [6, 6.07) is 0. The standard InChI is InChI=1S/C26H45NO4/c1-4-5-6-7-8-9-12-16-23(21-29)17-13-10-11-14-18-24(19-15-20-28)26(31)27-25(30)22(2)3/h8-9,21,23-24,28H,2,4-7,10-20H2,1,3H3,(H,27,30,31). The highest BCUT2D eigenvalue weighted by Crippen LogP contribution is 2.19. The summed E-state index contributed by atoms with van der Waals surface area (Å²) in [6.07, 6.45) is 19.1. The Bertz CT molecular complexity index is 542. The Hall–Kier alpha value is -1.75. The largest absolute Gasteiger partial charge is 0.396 e. The van der Waals surface area contributed by atoms with Crippen LogP contribution in [0.3, 0.4) is 0 Å². The van der Waals surface area contributed by atoms with Crippen LogP contribution in [0.2, 0.25) is 0 Å². The maximum Gasteiger partial charge on any atom is 0.252 e. The van der Waals surface area contributed by atoms with E-state index < -0.39 is 5.91 Å². The lowest BCUT2D eigenvalue weighted by atomic mass is 9.93. The number of unbranched alkanes of at least 4 members (excludes halogenated alkanes) is 6. The summed E-state index contributed by atoms with van der Waals surface area (Å²) in [5, 5.41) is 11.5. The average Bonchev–Trinajstić information content (AvgIpc) is 2.75. The lowest BCUT2D eigenvalue weighted by Gasteiger charge is -2.16. The predicted molar refractivity (Wildman–Crippen MR) is 128 cm³/mol. The van der Waals surface area contributed by atoms with Crippen LogP contribution < -0.4 is 5.32 Å². The van der Waals surface area contributed by atoms with Crippen LogP contribution in [-0.2, 0) is 14.4 Å². The Morgan fingerprint density at radius 2 is 1.55 bits per heavy atom. The second-order valence-electron chi connectivity index (χ2n) is 8.59. The van der Waals surface area contributed by atoms with Crippen LogP contribution in [0.1, 0.15) is 104 Å². The molecule has 0 rings (SSSR count). The molecule has 31 heavy (non-hydrogen) atoms. The van der Waals surface area contributed by atoms with Gasteiger partial charge in [-0.25, -0.2) is 0 Å². The molecule has 0 spiro atoms. The van der Waals surface area contributed by atoms with Gasteiger partial charge in [-0.15, -0.1) is 0 Å². The van der Waals surface area contributed by atoms with Crippen molar-refractivity contribution in [1.29, 1.82) is 0 Å². The molecule has 5 heteroatoms. The lowest BCUT2D eigenvalue weighted by molar-refractivity contribution is -0.131. The third-order valence-corrected chi connectivity index (χ3v) is 5.62. The topological polar surface area (TPSA) is 83.5 Å². The molecule has 0 aliphatic carbocycles. The highest BCUT2D eigenvalue weighted by Gasteiger charge is 2.20. The van der Waals surface area contributed by atoms with Crippen molar-refractivity contribution in [3.8, 4) is 0 Å². The van der Waals surface area contributed by atoms with Gasteiger partial charge < -0.3 is 9.90 Å². The Kier molecular flexibility index (Phi) is 19.0. The van der Waals surface area contributed by atoms with E-state index in [1.807, 2.05) is 0 Å². The van der Waals surface area contributed by atoms with Crippen molar-refractivity contribution in [3.63, 3.8) is 0 Å². The van der Waals surface area contributed by atoms with Crippen LogP contribution in [0.25, 0.3) is 0 Å². The fourth-order valence-corrected chi connectivity index (χ4v) is 3.55. The molecule has 2 atom stereocenters. The molecule has 178 valence electrons. The van der Waals surface area contributed by atoms with Gasteiger partial charge in [0, 0.05) is 24.0 Å². The van der Waals surface area contributed by atoms with E-state index in [0.29, 0.717) is 24.8 Å². The molecule has 0 aromatic rings. The zero-order valence-electron chi connectivity index (χ0n) is 19.9. The van der Waals surface area contributed by atoms with Gasteiger partial charge in [0.25, 0.3) is 5.91 Å². The van der Waals surface area contributed by atoms with E-state index in [9.17, 15) is 14.4 Å². The molecule has 0 aliphatic rings. The molecule has 0 aromatic heterocycles. The number of aliphatic hydroxyl groups is 1. The van der Waals surface area contributed by atoms with Gasteiger partial charge >= 0.3 is 0 Å². The third-order valence-electron chi connectivity index (χ3n) is 5.62. The second kappa shape index (κ2) is 20.2. The fraction of sp³-hybridized carbons (Fsp3) is 0.731. The minimum absolute atomic E-state index is 0.0409. The van der Waals surface area contributed by atoms with Gasteiger partial charge in [0.15, 0.2) is 0 Å². The molecule has 0 radical (unpaired) electrons. The van der Waals surface area contributed by atoms with E-state index in [-0.39, 0.29) is 24.3 Å². The number of carbonyl (C=O) groups excluding carboxylic acids is 3. The maximum atomic E-state index is 12.3. The monoisotopic (exact) mass is 435 g/mol. The molecular formula is C26H45NO4. The number of amides is 2. The van der Waals surface area contributed by atoms with E-state index in [1.165, 1.54) is 19.3 Å².